The molecule has 2 saturated heterocycles. The molecule has 36 heavy (non-hydrogen) atoms. The molecule has 0 radical (unpaired) electrons. The summed E-state index contributed by atoms with van der Waals surface area (Å²) in [6.07, 6.45) is 1.78. The van der Waals surface area contributed by atoms with Crippen molar-refractivity contribution in [2.75, 3.05) is 52.0 Å². The Hall–Kier alpha value is -3.75. The van der Waals surface area contributed by atoms with E-state index in [0.717, 1.165) is 12.1 Å². The Labute approximate surface area is 211 Å². The minimum absolute atomic E-state index is 0.0234. The van der Waals surface area contributed by atoms with E-state index in [4.69, 9.17) is 9.47 Å². The zero-order valence-corrected chi connectivity index (χ0v) is 21.2. The summed E-state index contributed by atoms with van der Waals surface area (Å²) in [7, 11) is 3.09. The van der Waals surface area contributed by atoms with Gasteiger partial charge in [0.15, 0.2) is 0 Å². The molecule has 0 bridgehead atoms. The van der Waals surface area contributed by atoms with E-state index < -0.39 is 5.54 Å². The zero-order valence-electron chi connectivity index (χ0n) is 21.2. The monoisotopic (exact) mass is 494 g/mol. The zero-order chi connectivity index (χ0) is 25.7. The SMILES string of the molecule is CCCNC(=O)CN1CN(c2ccccc2)C2(CCN(C(=O)c3ccc(OC)cc3OC)CC2)C1=O. The molecule has 0 atom stereocenters. The van der Waals surface area contributed by atoms with Gasteiger partial charge < -0.3 is 29.5 Å². The van der Waals surface area contributed by atoms with Crippen LogP contribution in [0, 0.1) is 0 Å². The van der Waals surface area contributed by atoms with Crippen LogP contribution in [0.2, 0.25) is 0 Å². The molecule has 0 aromatic heterocycles. The number of rotatable bonds is 8. The number of hydrogen-bond donors (Lipinski definition) is 1. The number of hydrogen-bond acceptors (Lipinski definition) is 6. The van der Waals surface area contributed by atoms with Gasteiger partial charge in [-0.05, 0) is 43.5 Å². The number of anilines is 1. The molecule has 2 aliphatic heterocycles. The van der Waals surface area contributed by atoms with Gasteiger partial charge in [-0.1, -0.05) is 25.1 Å². The van der Waals surface area contributed by atoms with Crippen LogP contribution in [0.5, 0.6) is 11.5 Å². The van der Waals surface area contributed by atoms with E-state index in [2.05, 4.69) is 10.2 Å². The maximum Gasteiger partial charge on any atom is 0.257 e. The first-order valence-electron chi connectivity index (χ1n) is 12.3. The van der Waals surface area contributed by atoms with Crippen molar-refractivity contribution in [1.82, 2.24) is 15.1 Å². The number of methoxy groups -OCH3 is 2. The third kappa shape index (κ3) is 4.82. The highest BCUT2D eigenvalue weighted by Crippen LogP contribution is 2.40. The molecule has 1 N–H and O–H groups in total. The van der Waals surface area contributed by atoms with E-state index in [1.165, 1.54) is 7.11 Å². The van der Waals surface area contributed by atoms with Crippen molar-refractivity contribution in [3.63, 3.8) is 0 Å². The van der Waals surface area contributed by atoms with Crippen molar-refractivity contribution in [1.29, 1.82) is 0 Å². The molecule has 9 nitrogen and oxygen atoms in total. The fourth-order valence-corrected chi connectivity index (χ4v) is 5.04. The van der Waals surface area contributed by atoms with E-state index in [-0.39, 0.29) is 24.3 Å². The van der Waals surface area contributed by atoms with Crippen molar-refractivity contribution in [2.24, 2.45) is 0 Å². The average molecular weight is 495 g/mol. The Balaban J connectivity index is 1.54. The molecule has 2 heterocycles. The van der Waals surface area contributed by atoms with Crippen LogP contribution in [0.3, 0.4) is 0 Å². The predicted octanol–water partition coefficient (Wildman–Crippen LogP) is 2.51. The first-order chi connectivity index (χ1) is 17.4. The molecule has 4 rings (SSSR count). The summed E-state index contributed by atoms with van der Waals surface area (Å²) in [4.78, 5) is 45.0. The van der Waals surface area contributed by atoms with Gasteiger partial charge in [-0.15, -0.1) is 0 Å². The Morgan fingerprint density at radius 3 is 2.39 bits per heavy atom. The van der Waals surface area contributed by atoms with Crippen molar-refractivity contribution in [3.05, 3.63) is 54.1 Å². The molecule has 1 spiro atoms. The smallest absolute Gasteiger partial charge is 0.257 e. The van der Waals surface area contributed by atoms with Gasteiger partial charge in [0.2, 0.25) is 5.91 Å². The summed E-state index contributed by atoms with van der Waals surface area (Å²) < 4.78 is 10.7. The third-order valence-electron chi connectivity index (χ3n) is 7.01. The first-order valence-corrected chi connectivity index (χ1v) is 12.3. The lowest BCUT2D eigenvalue weighted by molar-refractivity contribution is -0.137. The minimum atomic E-state index is -0.798. The summed E-state index contributed by atoms with van der Waals surface area (Å²) in [5, 5.41) is 2.86. The second-order valence-electron chi connectivity index (χ2n) is 9.15. The quantitative estimate of drug-likeness (QED) is 0.607. The lowest BCUT2D eigenvalue weighted by Gasteiger charge is -2.43. The number of amides is 3. The fourth-order valence-electron chi connectivity index (χ4n) is 5.04. The van der Waals surface area contributed by atoms with Crippen LogP contribution in [0.4, 0.5) is 5.69 Å². The minimum Gasteiger partial charge on any atom is -0.497 e. The van der Waals surface area contributed by atoms with E-state index in [1.807, 2.05) is 37.3 Å². The van der Waals surface area contributed by atoms with Gasteiger partial charge in [0.05, 0.1) is 26.5 Å². The summed E-state index contributed by atoms with van der Waals surface area (Å²) in [6.45, 7) is 3.76. The molecule has 2 aromatic carbocycles. The van der Waals surface area contributed by atoms with Gasteiger partial charge in [0.1, 0.15) is 23.6 Å². The number of para-hydroxylation sites is 1. The van der Waals surface area contributed by atoms with Crippen LogP contribution >= 0.6 is 0 Å². The van der Waals surface area contributed by atoms with Gasteiger partial charge in [0, 0.05) is 31.4 Å². The van der Waals surface area contributed by atoms with Crippen LogP contribution in [0.25, 0.3) is 0 Å². The molecule has 0 unspecified atom stereocenters. The number of likely N-dealkylation sites (tertiary alicyclic amines) is 1. The number of ether oxygens (including phenoxy) is 2. The third-order valence-corrected chi connectivity index (χ3v) is 7.01. The van der Waals surface area contributed by atoms with Crippen LogP contribution in [0.1, 0.15) is 36.5 Å². The molecule has 2 fully saturated rings. The van der Waals surface area contributed by atoms with E-state index in [1.54, 1.807) is 35.1 Å². The Morgan fingerprint density at radius 2 is 1.75 bits per heavy atom. The van der Waals surface area contributed by atoms with E-state index in [9.17, 15) is 14.4 Å². The Kier molecular flexibility index (Phi) is 7.67. The van der Waals surface area contributed by atoms with E-state index in [0.29, 0.717) is 56.2 Å². The second kappa shape index (κ2) is 10.9. The maximum atomic E-state index is 13.8. The van der Waals surface area contributed by atoms with Crippen LogP contribution in [0.15, 0.2) is 48.5 Å². The highest BCUT2D eigenvalue weighted by molar-refractivity contribution is 5.99. The number of carbonyl (C=O) groups excluding carboxylic acids is 3. The van der Waals surface area contributed by atoms with Crippen molar-refractivity contribution >= 4 is 23.4 Å². The number of piperidine rings is 1. The second-order valence-corrected chi connectivity index (χ2v) is 9.15. The maximum absolute atomic E-state index is 13.8. The summed E-state index contributed by atoms with van der Waals surface area (Å²) in [5.74, 6) is 0.698. The van der Waals surface area contributed by atoms with Gasteiger partial charge in [0.25, 0.3) is 11.8 Å². The average Bonchev–Trinajstić information content (AvgIpc) is 3.18. The molecule has 9 heteroatoms. The highest BCUT2D eigenvalue weighted by atomic mass is 16.5. The number of nitrogens with one attached hydrogen (secondary N) is 1. The molecule has 0 aliphatic carbocycles. The Bertz CT molecular complexity index is 1100. The van der Waals surface area contributed by atoms with Gasteiger partial charge in [-0.2, -0.15) is 0 Å². The molecule has 3 amide bonds. The molecular formula is C27H34N4O5. The standard InChI is InChI=1S/C27H34N4O5/c1-4-14-28-24(32)18-30-19-31(20-8-6-5-7-9-20)27(26(30)34)12-15-29(16-13-27)25(33)22-11-10-21(35-2)17-23(22)36-3/h5-11,17H,4,12-16,18-19H2,1-3H3,(H,28,32). The number of benzene rings is 2. The van der Waals surface area contributed by atoms with Crippen molar-refractivity contribution in [2.45, 2.75) is 31.7 Å². The Morgan fingerprint density at radius 1 is 1.03 bits per heavy atom. The molecule has 0 saturated carbocycles. The van der Waals surface area contributed by atoms with Gasteiger partial charge in [-0.25, -0.2) is 0 Å². The highest BCUT2D eigenvalue weighted by Gasteiger charge is 2.54. The fraction of sp³-hybridized carbons (Fsp3) is 0.444. The summed E-state index contributed by atoms with van der Waals surface area (Å²) >= 11 is 0. The van der Waals surface area contributed by atoms with Crippen molar-refractivity contribution in [3.8, 4) is 11.5 Å². The molecular weight excluding hydrogens is 460 g/mol. The topological polar surface area (TPSA) is 91.4 Å². The number of nitrogens with zero attached hydrogens (tertiary/aromatic N) is 3. The normalized spacial score (nSPS) is 16.9. The van der Waals surface area contributed by atoms with Crippen LogP contribution < -0.4 is 19.7 Å². The molecule has 2 aromatic rings. The van der Waals surface area contributed by atoms with E-state index >= 15 is 0 Å². The largest absolute Gasteiger partial charge is 0.497 e. The summed E-state index contributed by atoms with van der Waals surface area (Å²) in [5.41, 5.74) is 0.590. The number of carbonyl (C=O) groups is 3. The molecule has 2 aliphatic rings. The van der Waals surface area contributed by atoms with Crippen molar-refractivity contribution < 1.29 is 23.9 Å². The molecule has 192 valence electrons. The van der Waals surface area contributed by atoms with Gasteiger partial charge >= 0.3 is 0 Å². The van der Waals surface area contributed by atoms with Gasteiger partial charge in [-0.3, -0.25) is 14.4 Å². The van der Waals surface area contributed by atoms with Crippen LogP contribution in [-0.2, 0) is 9.59 Å². The first kappa shape index (κ1) is 25.3. The lowest BCUT2D eigenvalue weighted by atomic mass is 9.85. The van der Waals surface area contributed by atoms with Crippen LogP contribution in [-0.4, -0.2) is 80.1 Å². The summed E-state index contributed by atoms with van der Waals surface area (Å²) in [6, 6.07) is 14.9. The lowest BCUT2D eigenvalue weighted by Crippen LogP contribution is -2.57. The predicted molar refractivity (Wildman–Crippen MR) is 136 cm³/mol.